The van der Waals surface area contributed by atoms with E-state index in [1.165, 1.54) is 4.90 Å². The Balaban J connectivity index is 0.988. The second-order valence-electron chi connectivity index (χ2n) is 13.4. The number of aliphatic hydroxyl groups is 2. The number of aliphatic hydroxyl groups excluding tert-OH is 2. The van der Waals surface area contributed by atoms with Gasteiger partial charge in [-0.05, 0) is 53.1 Å². The van der Waals surface area contributed by atoms with Crippen molar-refractivity contribution in [2.24, 2.45) is 0 Å². The van der Waals surface area contributed by atoms with E-state index in [9.17, 15) is 19.8 Å². The van der Waals surface area contributed by atoms with Crippen LogP contribution in [-0.4, -0.2) is 71.0 Å². The Morgan fingerprint density at radius 2 is 1.37 bits per heavy atom. The highest BCUT2D eigenvalue weighted by Crippen LogP contribution is 2.33. The molecule has 1 saturated heterocycles. The number of rotatable bonds is 12. The Labute approximate surface area is 302 Å². The van der Waals surface area contributed by atoms with E-state index in [1.54, 1.807) is 37.4 Å². The van der Waals surface area contributed by atoms with Crippen molar-refractivity contribution in [2.75, 3.05) is 13.1 Å². The zero-order chi connectivity index (χ0) is 36.0. The zero-order valence-corrected chi connectivity index (χ0v) is 29.0. The van der Waals surface area contributed by atoms with E-state index in [1.807, 2.05) is 59.6 Å². The maximum absolute atomic E-state index is 13.2. The molecule has 1 fully saturated rings. The molecule has 4 N–H and O–H groups in total. The first-order valence-corrected chi connectivity index (χ1v) is 17.7. The number of imidazole rings is 2. The van der Waals surface area contributed by atoms with Gasteiger partial charge in [-0.1, -0.05) is 109 Å². The van der Waals surface area contributed by atoms with Gasteiger partial charge in [0.1, 0.15) is 11.6 Å². The summed E-state index contributed by atoms with van der Waals surface area (Å²) in [6.07, 6.45) is 3.70. The number of nitrogens with one attached hydrogen (secondary N) is 2. The maximum atomic E-state index is 13.2. The molecule has 2 amide bonds. The molecule has 4 aromatic carbocycles. The summed E-state index contributed by atoms with van der Waals surface area (Å²) in [6.45, 7) is 2.52. The molecule has 52 heavy (non-hydrogen) atoms. The van der Waals surface area contributed by atoms with Gasteiger partial charge >= 0.3 is 0 Å². The number of hydrogen-bond acceptors (Lipinski definition) is 6. The molecule has 3 heterocycles. The van der Waals surface area contributed by atoms with Gasteiger partial charge < -0.3 is 30.0 Å². The van der Waals surface area contributed by atoms with Crippen molar-refractivity contribution >= 4 is 11.8 Å². The van der Waals surface area contributed by atoms with E-state index in [-0.39, 0.29) is 25.0 Å². The fourth-order valence-corrected chi connectivity index (χ4v) is 6.83. The standard InChI is InChI=1S/C42H42N6O4/c1-28(49)26-47(42(52)40(51)34-11-6-3-7-12-34)27-38-43-24-35(45-38)32-18-14-30(15-19-32)31-16-20-33(21-17-31)36-25-44-41(46-36)37-13-8-22-48(37)39(50)23-29-9-4-2-5-10-29/h2-7,9-12,14-21,24-25,28,37,40,49,51H,8,13,22-23,26-27H2,1H3,(H,43,45)(H,44,46)/t28-,37+,40-/m1/s1. The fraction of sp³-hybridized carbons (Fsp3) is 0.238. The summed E-state index contributed by atoms with van der Waals surface area (Å²) < 4.78 is 0. The van der Waals surface area contributed by atoms with Crippen LogP contribution in [0.2, 0.25) is 0 Å². The minimum Gasteiger partial charge on any atom is -0.392 e. The maximum Gasteiger partial charge on any atom is 0.256 e. The molecule has 7 rings (SSSR count). The molecule has 6 aromatic rings. The third-order valence-corrected chi connectivity index (χ3v) is 9.52. The number of aromatic amines is 2. The van der Waals surface area contributed by atoms with Crippen LogP contribution < -0.4 is 0 Å². The topological polar surface area (TPSA) is 138 Å². The van der Waals surface area contributed by atoms with Crippen molar-refractivity contribution in [1.29, 1.82) is 0 Å². The van der Waals surface area contributed by atoms with Crippen LogP contribution >= 0.6 is 0 Å². The number of likely N-dealkylation sites (tertiary alicyclic amines) is 1. The van der Waals surface area contributed by atoms with E-state index in [4.69, 9.17) is 4.98 Å². The van der Waals surface area contributed by atoms with Gasteiger partial charge in [-0.3, -0.25) is 9.59 Å². The minimum atomic E-state index is -1.34. The first-order chi connectivity index (χ1) is 25.3. The van der Waals surface area contributed by atoms with E-state index < -0.39 is 18.1 Å². The highest BCUT2D eigenvalue weighted by molar-refractivity contribution is 5.82. The van der Waals surface area contributed by atoms with Crippen molar-refractivity contribution < 1.29 is 19.8 Å². The highest BCUT2D eigenvalue weighted by atomic mass is 16.3. The largest absolute Gasteiger partial charge is 0.392 e. The summed E-state index contributed by atoms with van der Waals surface area (Å²) in [6, 6.07) is 35.0. The lowest BCUT2D eigenvalue weighted by molar-refractivity contribution is -0.142. The molecule has 2 aromatic heterocycles. The summed E-state index contributed by atoms with van der Waals surface area (Å²) in [4.78, 5) is 45.7. The molecule has 3 atom stereocenters. The smallest absolute Gasteiger partial charge is 0.256 e. The van der Waals surface area contributed by atoms with E-state index in [2.05, 4.69) is 51.4 Å². The van der Waals surface area contributed by atoms with E-state index in [0.717, 1.165) is 64.4 Å². The number of amides is 2. The predicted molar refractivity (Wildman–Crippen MR) is 199 cm³/mol. The van der Waals surface area contributed by atoms with Gasteiger partial charge in [0, 0.05) is 13.1 Å². The lowest BCUT2D eigenvalue weighted by Gasteiger charge is -2.25. The SMILES string of the molecule is C[C@@H](O)CN(Cc1ncc(-c2ccc(-c3ccc(-c4cnc([C@@H]5CCCN5C(=O)Cc5ccccc5)[nH]4)cc3)cc2)[nH]1)C(=O)[C@H](O)c1ccccc1. The number of aromatic nitrogens is 4. The van der Waals surface area contributed by atoms with E-state index >= 15 is 0 Å². The zero-order valence-electron chi connectivity index (χ0n) is 29.0. The van der Waals surface area contributed by atoms with Crippen molar-refractivity contribution in [1.82, 2.24) is 29.7 Å². The van der Waals surface area contributed by atoms with Crippen LogP contribution in [0.1, 0.15) is 54.7 Å². The van der Waals surface area contributed by atoms with Gasteiger partial charge in [-0.25, -0.2) is 9.97 Å². The van der Waals surface area contributed by atoms with Gasteiger partial charge in [0.2, 0.25) is 5.91 Å². The molecule has 0 unspecified atom stereocenters. The number of hydrogen-bond donors (Lipinski definition) is 4. The molecule has 0 saturated carbocycles. The molecular weight excluding hydrogens is 653 g/mol. The summed E-state index contributed by atoms with van der Waals surface area (Å²) >= 11 is 0. The molecule has 264 valence electrons. The average molecular weight is 695 g/mol. The molecule has 0 radical (unpaired) electrons. The van der Waals surface area contributed by atoms with Crippen LogP contribution in [0.15, 0.2) is 122 Å². The number of benzene rings is 4. The lowest BCUT2D eigenvalue weighted by atomic mass is 10.0. The van der Waals surface area contributed by atoms with Crippen LogP contribution in [0, 0.1) is 0 Å². The van der Waals surface area contributed by atoms with Crippen molar-refractivity contribution in [3.05, 3.63) is 144 Å². The molecule has 0 spiro atoms. The van der Waals surface area contributed by atoms with Gasteiger partial charge in [0.05, 0.1) is 48.9 Å². The minimum absolute atomic E-state index is 0.0492. The second kappa shape index (κ2) is 15.6. The van der Waals surface area contributed by atoms with Crippen LogP contribution in [-0.2, 0) is 22.6 Å². The molecule has 1 aliphatic rings. The normalized spacial score (nSPS) is 15.4. The number of carbonyl (C=O) groups is 2. The summed E-state index contributed by atoms with van der Waals surface area (Å²) in [7, 11) is 0. The first-order valence-electron chi connectivity index (χ1n) is 17.7. The van der Waals surface area contributed by atoms with Crippen molar-refractivity contribution in [3.8, 4) is 33.6 Å². The molecule has 0 bridgehead atoms. The number of H-pyrrole nitrogens is 2. The molecule has 10 nitrogen and oxygen atoms in total. The summed E-state index contributed by atoms with van der Waals surface area (Å²) in [5.74, 6) is 0.994. The third kappa shape index (κ3) is 7.88. The van der Waals surface area contributed by atoms with Crippen molar-refractivity contribution in [2.45, 2.75) is 51.0 Å². The van der Waals surface area contributed by atoms with E-state index in [0.29, 0.717) is 17.8 Å². The first kappa shape index (κ1) is 34.6. The molecule has 0 aliphatic carbocycles. The Hall–Kier alpha value is -5.84. The third-order valence-electron chi connectivity index (χ3n) is 9.52. The van der Waals surface area contributed by atoms with Gasteiger partial charge in [0.15, 0.2) is 6.10 Å². The molecular formula is C42H42N6O4. The van der Waals surface area contributed by atoms with Crippen LogP contribution in [0.4, 0.5) is 0 Å². The van der Waals surface area contributed by atoms with Crippen molar-refractivity contribution in [3.63, 3.8) is 0 Å². The van der Waals surface area contributed by atoms with Crippen LogP contribution in [0.5, 0.6) is 0 Å². The van der Waals surface area contributed by atoms with Gasteiger partial charge in [-0.2, -0.15) is 0 Å². The fourth-order valence-electron chi connectivity index (χ4n) is 6.83. The average Bonchev–Trinajstić information content (AvgIpc) is 3.97. The van der Waals surface area contributed by atoms with Crippen LogP contribution in [0.3, 0.4) is 0 Å². The molecule has 10 heteroatoms. The van der Waals surface area contributed by atoms with Gasteiger partial charge in [0.25, 0.3) is 5.91 Å². The highest BCUT2D eigenvalue weighted by Gasteiger charge is 2.32. The predicted octanol–water partition coefficient (Wildman–Crippen LogP) is 6.48. The van der Waals surface area contributed by atoms with Gasteiger partial charge in [-0.15, -0.1) is 0 Å². The lowest BCUT2D eigenvalue weighted by Crippen LogP contribution is -2.39. The summed E-state index contributed by atoms with van der Waals surface area (Å²) in [5.41, 5.74) is 7.30. The monoisotopic (exact) mass is 694 g/mol. The Kier molecular flexibility index (Phi) is 10.4. The number of carbonyl (C=O) groups excluding carboxylic acids is 2. The van der Waals surface area contributed by atoms with Crippen LogP contribution in [0.25, 0.3) is 33.6 Å². The molecule has 1 aliphatic heterocycles. The Bertz CT molecular complexity index is 2090. The summed E-state index contributed by atoms with van der Waals surface area (Å²) in [5, 5.41) is 20.8. The Morgan fingerprint density at radius 3 is 2.00 bits per heavy atom. The quantitative estimate of drug-likeness (QED) is 0.116. The second-order valence-corrected chi connectivity index (χ2v) is 13.4. The Morgan fingerprint density at radius 1 is 0.788 bits per heavy atom. The number of nitrogens with zero attached hydrogens (tertiary/aromatic N) is 4.